The molecule has 2 heterocycles. The highest BCUT2D eigenvalue weighted by molar-refractivity contribution is 6.35. The maximum absolute atomic E-state index is 13.4. The first-order valence-electron chi connectivity index (χ1n) is 9.23. The van der Waals surface area contributed by atoms with Crippen molar-refractivity contribution in [1.82, 2.24) is 19.9 Å². The minimum atomic E-state index is -0.148. The molecule has 0 saturated heterocycles. The van der Waals surface area contributed by atoms with Gasteiger partial charge in [0.15, 0.2) is 0 Å². The molecule has 0 aliphatic rings. The number of hydrogen-bond acceptors (Lipinski definition) is 5. The van der Waals surface area contributed by atoms with Crippen LogP contribution in [0.5, 0.6) is 0 Å². The van der Waals surface area contributed by atoms with Crippen molar-refractivity contribution in [2.75, 3.05) is 5.73 Å². The minimum Gasteiger partial charge on any atom is -0.383 e. The molecule has 7 heteroatoms. The predicted molar refractivity (Wildman–Crippen MR) is 116 cm³/mol. The number of nitrogens with zero attached hydrogens (tertiary/aromatic N) is 3. The fourth-order valence-electron chi connectivity index (χ4n) is 3.37. The molecule has 2 aromatic heterocycles. The molecular weight excluding hydrogens is 386 g/mol. The Kier molecular flexibility index (Phi) is 5.29. The number of benzene rings is 2. The van der Waals surface area contributed by atoms with Gasteiger partial charge in [0.2, 0.25) is 0 Å². The quantitative estimate of drug-likeness (QED) is 0.526. The zero-order valence-corrected chi connectivity index (χ0v) is 16.6. The van der Waals surface area contributed by atoms with Crippen LogP contribution in [0.2, 0.25) is 5.02 Å². The van der Waals surface area contributed by atoms with Crippen molar-refractivity contribution in [3.63, 3.8) is 0 Å². The van der Waals surface area contributed by atoms with E-state index in [4.69, 9.17) is 17.3 Å². The van der Waals surface area contributed by atoms with Crippen molar-refractivity contribution in [2.24, 2.45) is 0 Å². The molecule has 0 bridgehead atoms. The number of halogens is 1. The van der Waals surface area contributed by atoms with E-state index in [0.29, 0.717) is 22.8 Å². The van der Waals surface area contributed by atoms with E-state index in [0.717, 1.165) is 22.3 Å². The zero-order valence-electron chi connectivity index (χ0n) is 15.8. The third-order valence-corrected chi connectivity index (χ3v) is 5.22. The van der Waals surface area contributed by atoms with Gasteiger partial charge in [0, 0.05) is 35.7 Å². The largest absolute Gasteiger partial charge is 0.383 e. The number of anilines is 1. The normalized spacial score (nSPS) is 12.2. The number of hydrogen-bond donors (Lipinski definition) is 2. The van der Waals surface area contributed by atoms with Gasteiger partial charge < -0.3 is 11.1 Å². The van der Waals surface area contributed by atoms with E-state index in [2.05, 4.69) is 15.3 Å². The van der Waals surface area contributed by atoms with Gasteiger partial charge in [-0.05, 0) is 36.6 Å². The van der Waals surface area contributed by atoms with Crippen LogP contribution in [0, 0.1) is 0 Å². The number of nitrogens with two attached hydrogens (primary N) is 1. The van der Waals surface area contributed by atoms with Crippen LogP contribution < -0.4 is 16.6 Å². The molecule has 0 radical (unpaired) electrons. The Morgan fingerprint density at radius 3 is 2.72 bits per heavy atom. The first-order valence-corrected chi connectivity index (χ1v) is 9.61. The topological polar surface area (TPSA) is 85.8 Å². The number of nitrogens with one attached hydrogen (secondary N) is 1. The molecule has 3 N–H and O–H groups in total. The summed E-state index contributed by atoms with van der Waals surface area (Å²) in [5, 5.41) is 5.18. The Bertz CT molecular complexity index is 1220. The fraction of sp³-hybridized carbons (Fsp3) is 0.136. The Morgan fingerprint density at radius 2 is 1.97 bits per heavy atom. The lowest BCUT2D eigenvalue weighted by Gasteiger charge is -2.21. The van der Waals surface area contributed by atoms with Crippen LogP contribution in [-0.2, 0) is 6.54 Å². The second kappa shape index (κ2) is 8.03. The van der Waals surface area contributed by atoms with Crippen molar-refractivity contribution < 1.29 is 0 Å². The van der Waals surface area contributed by atoms with Gasteiger partial charge in [0.25, 0.3) is 5.56 Å². The lowest BCUT2D eigenvalue weighted by atomic mass is 10.1. The minimum absolute atomic E-state index is 0.147. The summed E-state index contributed by atoms with van der Waals surface area (Å²) in [6, 6.07) is 16.9. The van der Waals surface area contributed by atoms with Crippen LogP contribution in [0.15, 0.2) is 71.9 Å². The Labute approximate surface area is 173 Å². The molecule has 2 aromatic carbocycles. The molecule has 0 aliphatic carbocycles. The van der Waals surface area contributed by atoms with Crippen molar-refractivity contribution in [1.29, 1.82) is 0 Å². The van der Waals surface area contributed by atoms with Gasteiger partial charge in [-0.25, -0.2) is 9.97 Å². The Hall–Kier alpha value is -3.22. The molecule has 146 valence electrons. The van der Waals surface area contributed by atoms with E-state index in [1.54, 1.807) is 16.8 Å². The van der Waals surface area contributed by atoms with Crippen LogP contribution in [-0.4, -0.2) is 14.5 Å². The molecule has 4 rings (SSSR count). The maximum atomic E-state index is 13.4. The summed E-state index contributed by atoms with van der Waals surface area (Å²) >= 11 is 6.36. The van der Waals surface area contributed by atoms with Crippen molar-refractivity contribution in [3.05, 3.63) is 93.8 Å². The molecule has 0 aliphatic heterocycles. The van der Waals surface area contributed by atoms with Crippen molar-refractivity contribution in [3.8, 4) is 5.69 Å². The van der Waals surface area contributed by atoms with Crippen LogP contribution in [0.4, 0.5) is 5.82 Å². The molecule has 0 saturated carbocycles. The third kappa shape index (κ3) is 3.72. The molecule has 0 fully saturated rings. The predicted octanol–water partition coefficient (Wildman–Crippen LogP) is 3.87. The summed E-state index contributed by atoms with van der Waals surface area (Å²) in [6.07, 6.45) is 3.11. The zero-order chi connectivity index (χ0) is 20.4. The van der Waals surface area contributed by atoms with E-state index >= 15 is 0 Å². The summed E-state index contributed by atoms with van der Waals surface area (Å²) in [6.45, 7) is 2.48. The summed E-state index contributed by atoms with van der Waals surface area (Å²) in [5.41, 5.74) is 8.18. The van der Waals surface area contributed by atoms with E-state index in [9.17, 15) is 4.79 Å². The first kappa shape index (κ1) is 19.1. The summed E-state index contributed by atoms with van der Waals surface area (Å²) < 4.78 is 1.71. The van der Waals surface area contributed by atoms with Crippen LogP contribution in [0.3, 0.4) is 0 Å². The lowest BCUT2D eigenvalue weighted by molar-refractivity contribution is 0.548. The van der Waals surface area contributed by atoms with E-state index in [-0.39, 0.29) is 11.6 Å². The SMILES string of the molecule is CC(NCc1cncnc1N)c1cc2cccc(Cl)c2c(=O)n1-c1ccccc1. The highest BCUT2D eigenvalue weighted by Crippen LogP contribution is 2.25. The van der Waals surface area contributed by atoms with Gasteiger partial charge in [-0.2, -0.15) is 0 Å². The summed E-state index contributed by atoms with van der Waals surface area (Å²) in [7, 11) is 0. The number of rotatable bonds is 5. The number of nitrogen functional groups attached to an aromatic ring is 1. The van der Waals surface area contributed by atoms with Gasteiger partial charge in [0.1, 0.15) is 12.1 Å². The van der Waals surface area contributed by atoms with E-state index < -0.39 is 0 Å². The second-order valence-electron chi connectivity index (χ2n) is 6.79. The molecule has 1 atom stereocenters. The van der Waals surface area contributed by atoms with Gasteiger partial charge in [-0.3, -0.25) is 9.36 Å². The standard InChI is InChI=1S/C22H20ClN5O/c1-14(26-12-16-11-25-13-27-21(16)24)19-10-15-6-5-9-18(23)20(15)22(29)28(19)17-7-3-2-4-8-17/h2-11,13-14,26H,12H2,1H3,(H2,24,25,27). The molecular formula is C22H20ClN5O. The number of fused-ring (bicyclic) bond motifs is 1. The third-order valence-electron chi connectivity index (χ3n) is 4.90. The van der Waals surface area contributed by atoms with Crippen molar-refractivity contribution >= 4 is 28.2 Å². The molecule has 4 aromatic rings. The molecule has 0 amide bonds. The molecule has 6 nitrogen and oxygen atoms in total. The Balaban J connectivity index is 1.82. The summed E-state index contributed by atoms with van der Waals surface area (Å²) in [4.78, 5) is 21.5. The monoisotopic (exact) mass is 405 g/mol. The van der Waals surface area contributed by atoms with E-state index in [1.165, 1.54) is 6.33 Å². The van der Waals surface area contributed by atoms with Crippen LogP contribution >= 0.6 is 11.6 Å². The number of pyridine rings is 1. The van der Waals surface area contributed by atoms with Crippen LogP contribution in [0.25, 0.3) is 16.5 Å². The first-order chi connectivity index (χ1) is 14.1. The van der Waals surface area contributed by atoms with Gasteiger partial charge in [-0.1, -0.05) is 41.9 Å². The lowest BCUT2D eigenvalue weighted by Crippen LogP contribution is -2.28. The number of aromatic nitrogens is 3. The van der Waals surface area contributed by atoms with Crippen LogP contribution in [0.1, 0.15) is 24.2 Å². The molecule has 0 spiro atoms. The molecule has 1 unspecified atom stereocenters. The van der Waals surface area contributed by atoms with Gasteiger partial charge >= 0.3 is 0 Å². The molecule has 29 heavy (non-hydrogen) atoms. The Morgan fingerprint density at radius 1 is 1.17 bits per heavy atom. The maximum Gasteiger partial charge on any atom is 0.264 e. The average molecular weight is 406 g/mol. The second-order valence-corrected chi connectivity index (χ2v) is 7.19. The average Bonchev–Trinajstić information content (AvgIpc) is 2.73. The van der Waals surface area contributed by atoms with E-state index in [1.807, 2.05) is 55.5 Å². The highest BCUT2D eigenvalue weighted by atomic mass is 35.5. The van der Waals surface area contributed by atoms with Crippen molar-refractivity contribution in [2.45, 2.75) is 19.5 Å². The fourth-order valence-corrected chi connectivity index (χ4v) is 3.64. The number of para-hydroxylation sites is 1. The van der Waals surface area contributed by atoms with Gasteiger partial charge in [0.05, 0.1) is 10.4 Å². The highest BCUT2D eigenvalue weighted by Gasteiger charge is 2.17. The smallest absolute Gasteiger partial charge is 0.264 e. The summed E-state index contributed by atoms with van der Waals surface area (Å²) in [5.74, 6) is 0.436. The van der Waals surface area contributed by atoms with Gasteiger partial charge in [-0.15, -0.1) is 0 Å².